The van der Waals surface area contributed by atoms with Gasteiger partial charge in [-0.1, -0.05) is 49.4 Å². The van der Waals surface area contributed by atoms with Crippen molar-refractivity contribution in [2.45, 2.75) is 64.3 Å². The fourth-order valence-corrected chi connectivity index (χ4v) is 6.65. The smallest absolute Gasteiger partial charge is 0.366 e. The van der Waals surface area contributed by atoms with Crippen molar-refractivity contribution in [3.8, 4) is 0 Å². The SMILES string of the molecule is CC/C=C\C(C)=C(/C)c1cc(NCc2cccc(CNS(=O)(=O)c3ccc4c(c3)CN(C(=O)C(F)(F)F)CC4)c2)n2ncc(Br)c2n1. The Morgan fingerprint density at radius 1 is 1.06 bits per heavy atom. The molecule has 2 aromatic carbocycles. The highest BCUT2D eigenvalue weighted by molar-refractivity contribution is 9.10. The largest absolute Gasteiger partial charge is 0.471 e. The van der Waals surface area contributed by atoms with Crippen molar-refractivity contribution in [1.29, 1.82) is 0 Å². The number of carbonyl (C=O) groups is 1. The molecule has 0 spiro atoms. The van der Waals surface area contributed by atoms with Crippen LogP contribution >= 0.6 is 15.9 Å². The number of halogens is 4. The molecule has 5 rings (SSSR count). The van der Waals surface area contributed by atoms with Gasteiger partial charge in [0.1, 0.15) is 5.82 Å². The fourth-order valence-electron chi connectivity index (χ4n) is 5.23. The van der Waals surface area contributed by atoms with Gasteiger partial charge >= 0.3 is 12.1 Å². The summed E-state index contributed by atoms with van der Waals surface area (Å²) in [5.74, 6) is -1.20. The second kappa shape index (κ2) is 14.0. The zero-order valence-electron chi connectivity index (χ0n) is 26.0. The van der Waals surface area contributed by atoms with Crippen molar-refractivity contribution < 1.29 is 26.4 Å². The van der Waals surface area contributed by atoms with E-state index in [1.54, 1.807) is 22.8 Å². The Balaban J connectivity index is 1.29. The Hall–Kier alpha value is -4.01. The lowest BCUT2D eigenvalue weighted by Gasteiger charge is -2.29. The molecular weight excluding hydrogens is 697 g/mol. The van der Waals surface area contributed by atoms with Gasteiger partial charge in [-0.15, -0.1) is 0 Å². The molecule has 9 nitrogen and oxygen atoms in total. The van der Waals surface area contributed by atoms with E-state index in [0.29, 0.717) is 33.8 Å². The van der Waals surface area contributed by atoms with Crippen LogP contribution in [0.2, 0.25) is 0 Å². The van der Waals surface area contributed by atoms with Crippen molar-refractivity contribution in [1.82, 2.24) is 24.2 Å². The molecule has 0 bridgehead atoms. The Kier molecular flexibility index (Phi) is 10.2. The molecule has 0 saturated carbocycles. The third-order valence-electron chi connectivity index (χ3n) is 7.97. The molecule has 1 aliphatic heterocycles. The number of alkyl halides is 3. The van der Waals surface area contributed by atoms with E-state index in [9.17, 15) is 26.4 Å². The number of nitrogens with one attached hydrogen (secondary N) is 2. The summed E-state index contributed by atoms with van der Waals surface area (Å²) in [6.07, 6.45) is 2.03. The summed E-state index contributed by atoms with van der Waals surface area (Å²) in [5.41, 5.74) is 6.32. The maximum Gasteiger partial charge on any atom is 0.471 e. The number of benzene rings is 2. The number of anilines is 1. The predicted octanol–water partition coefficient (Wildman–Crippen LogP) is 6.79. The molecule has 47 heavy (non-hydrogen) atoms. The van der Waals surface area contributed by atoms with Gasteiger partial charge in [0.2, 0.25) is 10.0 Å². The highest BCUT2D eigenvalue weighted by atomic mass is 79.9. The van der Waals surface area contributed by atoms with Crippen LogP contribution in [-0.4, -0.2) is 46.5 Å². The highest BCUT2D eigenvalue weighted by Gasteiger charge is 2.43. The number of allylic oxidation sites excluding steroid dienone is 4. The first-order chi connectivity index (χ1) is 22.3. The molecule has 0 radical (unpaired) electrons. The molecule has 248 valence electrons. The maximum atomic E-state index is 13.2. The number of nitrogens with zero attached hydrogens (tertiary/aromatic N) is 4. The number of aromatic nitrogens is 3. The fraction of sp³-hybridized carbons (Fsp3) is 0.303. The van der Waals surface area contributed by atoms with Crippen LogP contribution < -0.4 is 10.0 Å². The number of sulfonamides is 1. The first kappa shape index (κ1) is 34.3. The average molecular weight is 732 g/mol. The lowest BCUT2D eigenvalue weighted by Crippen LogP contribution is -2.43. The molecule has 0 aliphatic carbocycles. The van der Waals surface area contributed by atoms with E-state index in [0.717, 1.165) is 39.1 Å². The van der Waals surface area contributed by atoms with Crippen molar-refractivity contribution in [2.75, 3.05) is 11.9 Å². The summed E-state index contributed by atoms with van der Waals surface area (Å²) in [7, 11) is -4.00. The number of hydrogen-bond acceptors (Lipinski definition) is 6. The summed E-state index contributed by atoms with van der Waals surface area (Å²) in [6.45, 7) is 6.19. The zero-order chi connectivity index (χ0) is 33.9. The second-order valence-corrected chi connectivity index (χ2v) is 13.9. The lowest BCUT2D eigenvalue weighted by atomic mass is 10.00. The van der Waals surface area contributed by atoms with Crippen LogP contribution in [0.3, 0.4) is 0 Å². The van der Waals surface area contributed by atoms with E-state index < -0.39 is 22.1 Å². The van der Waals surface area contributed by atoms with Gasteiger partial charge in [0.25, 0.3) is 0 Å². The van der Waals surface area contributed by atoms with E-state index >= 15 is 0 Å². The molecule has 4 aromatic rings. The van der Waals surface area contributed by atoms with E-state index in [4.69, 9.17) is 4.98 Å². The highest BCUT2D eigenvalue weighted by Crippen LogP contribution is 2.28. The Bertz CT molecular complexity index is 1990. The molecule has 0 fully saturated rings. The average Bonchev–Trinajstić information content (AvgIpc) is 3.44. The van der Waals surface area contributed by atoms with Gasteiger partial charge in [0, 0.05) is 32.2 Å². The Morgan fingerprint density at radius 2 is 1.81 bits per heavy atom. The monoisotopic (exact) mass is 730 g/mol. The molecule has 0 atom stereocenters. The van der Waals surface area contributed by atoms with E-state index in [2.05, 4.69) is 50.1 Å². The van der Waals surface area contributed by atoms with Crippen molar-refractivity contribution in [2.24, 2.45) is 0 Å². The van der Waals surface area contributed by atoms with Gasteiger partial charge in [-0.3, -0.25) is 4.79 Å². The maximum absolute atomic E-state index is 13.2. The standard InChI is InChI=1S/C33H34BrF3N6O3S/c1-4-5-7-21(2)22(3)29-16-30(43-31(41-29)28(34)19-39-43)38-17-23-8-6-9-24(14-23)18-40-47(45,46)27-11-10-25-12-13-42(20-26(25)15-27)32(44)33(35,36)37/h5-11,14-16,19,38,40H,4,12-13,17-18,20H2,1-3H3/b7-5-,22-21+. The number of rotatable bonds is 10. The van der Waals surface area contributed by atoms with Crippen molar-refractivity contribution in [3.05, 3.63) is 105 Å². The van der Waals surface area contributed by atoms with Gasteiger partial charge in [-0.25, -0.2) is 18.1 Å². The molecule has 0 saturated heterocycles. The van der Waals surface area contributed by atoms with E-state index in [1.165, 1.54) is 12.1 Å². The number of carbonyl (C=O) groups excluding carboxylic acids is 1. The third kappa shape index (κ3) is 7.94. The number of fused-ring (bicyclic) bond motifs is 2. The first-order valence-electron chi connectivity index (χ1n) is 14.9. The van der Waals surface area contributed by atoms with Crippen molar-refractivity contribution >= 4 is 48.9 Å². The van der Waals surface area contributed by atoms with Gasteiger partial charge < -0.3 is 10.2 Å². The number of amides is 1. The molecule has 2 N–H and O–H groups in total. The minimum Gasteiger partial charge on any atom is -0.366 e. The van der Waals surface area contributed by atoms with Crippen molar-refractivity contribution in [3.63, 3.8) is 0 Å². The minimum absolute atomic E-state index is 0.00373. The minimum atomic E-state index is -4.99. The molecule has 0 unspecified atom stereocenters. The summed E-state index contributed by atoms with van der Waals surface area (Å²) in [5, 5.41) is 7.88. The molecule has 1 aliphatic rings. The Morgan fingerprint density at radius 3 is 2.53 bits per heavy atom. The molecule has 1 amide bonds. The van der Waals surface area contributed by atoms with Crippen LogP contribution in [0.25, 0.3) is 11.2 Å². The lowest BCUT2D eigenvalue weighted by molar-refractivity contribution is -0.186. The summed E-state index contributed by atoms with van der Waals surface area (Å²) in [4.78, 5) is 17.2. The third-order valence-corrected chi connectivity index (χ3v) is 9.93. The number of hydrogen-bond donors (Lipinski definition) is 2. The predicted molar refractivity (Wildman–Crippen MR) is 178 cm³/mol. The van der Waals surface area contributed by atoms with Crippen LogP contribution in [0.15, 0.2) is 81.8 Å². The molecule has 14 heteroatoms. The summed E-state index contributed by atoms with van der Waals surface area (Å²) >= 11 is 3.54. The molecule has 2 aromatic heterocycles. The van der Waals surface area contributed by atoms with Crippen LogP contribution in [0.5, 0.6) is 0 Å². The van der Waals surface area contributed by atoms with Gasteiger partial charge in [-0.05, 0) is 88.2 Å². The molecular formula is C33H34BrF3N6O3S. The second-order valence-electron chi connectivity index (χ2n) is 11.3. The Labute approximate surface area is 279 Å². The quantitative estimate of drug-likeness (QED) is 0.174. The summed E-state index contributed by atoms with van der Waals surface area (Å²) in [6, 6.07) is 13.7. The summed E-state index contributed by atoms with van der Waals surface area (Å²) < 4.78 is 70.3. The van der Waals surface area contributed by atoms with Gasteiger partial charge in [-0.2, -0.15) is 22.8 Å². The van der Waals surface area contributed by atoms with Crippen LogP contribution in [0.1, 0.15) is 55.1 Å². The van der Waals surface area contributed by atoms with Gasteiger partial charge in [0.05, 0.1) is 21.3 Å². The van der Waals surface area contributed by atoms with Crippen LogP contribution in [0, 0.1) is 0 Å². The van der Waals surface area contributed by atoms with E-state index in [-0.39, 0.29) is 31.0 Å². The van der Waals surface area contributed by atoms with E-state index in [1.807, 2.05) is 38.1 Å². The molecule has 3 heterocycles. The van der Waals surface area contributed by atoms with Crippen LogP contribution in [0.4, 0.5) is 19.0 Å². The zero-order valence-corrected chi connectivity index (χ0v) is 28.4. The normalized spacial score (nSPS) is 14.4. The van der Waals surface area contributed by atoms with Gasteiger partial charge in [0.15, 0.2) is 5.65 Å². The first-order valence-corrected chi connectivity index (χ1v) is 17.2. The van der Waals surface area contributed by atoms with Crippen LogP contribution in [-0.2, 0) is 40.9 Å². The topological polar surface area (TPSA) is 109 Å².